The van der Waals surface area contributed by atoms with Crippen LogP contribution in [0.15, 0.2) is 20.0 Å². The smallest absolute Gasteiger partial charge is 0.247 e. The van der Waals surface area contributed by atoms with Crippen LogP contribution in [-0.4, -0.2) is 43.1 Å². The molecule has 108 valence electrons. The topological polar surface area (TPSA) is 80.0 Å². The molecule has 8 heteroatoms. The van der Waals surface area contributed by atoms with Gasteiger partial charge >= 0.3 is 0 Å². The number of halogens is 1. The molecular weight excluding hydrogens is 338 g/mol. The summed E-state index contributed by atoms with van der Waals surface area (Å²) in [5.74, 6) is 0.206. The van der Waals surface area contributed by atoms with E-state index in [0.717, 1.165) is 0 Å². The minimum atomic E-state index is -3.65. The van der Waals surface area contributed by atoms with E-state index in [-0.39, 0.29) is 28.5 Å². The van der Waals surface area contributed by atoms with Gasteiger partial charge in [0.15, 0.2) is 4.67 Å². The van der Waals surface area contributed by atoms with Crippen LogP contribution in [0.2, 0.25) is 0 Å². The first-order valence-corrected chi connectivity index (χ1v) is 8.03. The molecule has 0 amide bonds. The lowest BCUT2D eigenvalue weighted by Crippen LogP contribution is -2.50. The maximum Gasteiger partial charge on any atom is 0.247 e. The molecule has 1 aliphatic heterocycles. The van der Waals surface area contributed by atoms with Crippen LogP contribution in [0, 0.1) is 0 Å². The van der Waals surface area contributed by atoms with Gasteiger partial charge in [-0.05, 0) is 29.8 Å². The molecule has 6 nitrogen and oxygen atoms in total. The van der Waals surface area contributed by atoms with Gasteiger partial charge in [0.2, 0.25) is 10.0 Å². The van der Waals surface area contributed by atoms with E-state index in [0.29, 0.717) is 13.2 Å². The Morgan fingerprint density at radius 1 is 1.53 bits per heavy atom. The van der Waals surface area contributed by atoms with Crippen molar-refractivity contribution in [3.05, 3.63) is 16.5 Å². The van der Waals surface area contributed by atoms with E-state index in [2.05, 4.69) is 15.9 Å². The maximum atomic E-state index is 12.5. The number of hydrogen-bond donors (Lipinski definition) is 1. The SMILES string of the molecule is CC1(C)CN(S(=O)(=O)c2cc(CO)oc2Br)CCO1. The predicted octanol–water partition coefficient (Wildman–Crippen LogP) is 1.33. The van der Waals surface area contributed by atoms with Gasteiger partial charge in [0.25, 0.3) is 0 Å². The summed E-state index contributed by atoms with van der Waals surface area (Å²) in [6.07, 6.45) is 0. The van der Waals surface area contributed by atoms with Crippen molar-refractivity contribution in [2.24, 2.45) is 0 Å². The fourth-order valence-corrected chi connectivity index (χ4v) is 4.50. The number of aliphatic hydroxyl groups excluding tert-OH is 1. The third-order valence-corrected chi connectivity index (χ3v) is 5.57. The number of aliphatic hydroxyl groups is 1. The second-order valence-electron chi connectivity index (χ2n) is 4.96. The number of ether oxygens (including phenoxy) is 1. The van der Waals surface area contributed by atoms with Crippen LogP contribution in [0.25, 0.3) is 0 Å². The minimum Gasteiger partial charge on any atom is -0.450 e. The molecule has 1 aromatic heterocycles. The normalized spacial score (nSPS) is 20.6. The zero-order valence-electron chi connectivity index (χ0n) is 10.7. The first kappa shape index (κ1) is 15.0. The molecule has 2 heterocycles. The lowest BCUT2D eigenvalue weighted by molar-refractivity contribution is -0.0640. The van der Waals surface area contributed by atoms with Crippen LogP contribution in [-0.2, 0) is 21.4 Å². The van der Waals surface area contributed by atoms with Gasteiger partial charge in [-0.2, -0.15) is 4.31 Å². The van der Waals surface area contributed by atoms with Gasteiger partial charge in [-0.3, -0.25) is 0 Å². The van der Waals surface area contributed by atoms with E-state index in [1.807, 2.05) is 13.8 Å². The van der Waals surface area contributed by atoms with Gasteiger partial charge in [-0.1, -0.05) is 0 Å². The Hall–Kier alpha value is -0.410. The molecule has 2 rings (SSSR count). The van der Waals surface area contributed by atoms with Crippen molar-refractivity contribution >= 4 is 26.0 Å². The van der Waals surface area contributed by atoms with Crippen LogP contribution < -0.4 is 0 Å². The van der Waals surface area contributed by atoms with Gasteiger partial charge in [0.1, 0.15) is 17.3 Å². The molecule has 0 atom stereocenters. The zero-order valence-corrected chi connectivity index (χ0v) is 13.1. The third kappa shape index (κ3) is 3.03. The summed E-state index contributed by atoms with van der Waals surface area (Å²) in [5, 5.41) is 8.99. The van der Waals surface area contributed by atoms with Crippen molar-refractivity contribution in [1.29, 1.82) is 0 Å². The molecule has 1 fully saturated rings. The molecule has 1 saturated heterocycles. The highest BCUT2D eigenvalue weighted by molar-refractivity contribution is 9.10. The van der Waals surface area contributed by atoms with Crippen molar-refractivity contribution in [3.8, 4) is 0 Å². The Labute approximate surface area is 120 Å². The van der Waals surface area contributed by atoms with E-state index in [4.69, 9.17) is 14.3 Å². The maximum absolute atomic E-state index is 12.5. The van der Waals surface area contributed by atoms with Crippen LogP contribution in [0.4, 0.5) is 0 Å². The average Bonchev–Trinajstić information content (AvgIpc) is 2.70. The Morgan fingerprint density at radius 2 is 2.21 bits per heavy atom. The Morgan fingerprint density at radius 3 is 2.74 bits per heavy atom. The van der Waals surface area contributed by atoms with E-state index >= 15 is 0 Å². The summed E-state index contributed by atoms with van der Waals surface area (Å²) in [6, 6.07) is 1.34. The lowest BCUT2D eigenvalue weighted by Gasteiger charge is -2.37. The third-order valence-electron chi connectivity index (χ3n) is 2.87. The molecule has 19 heavy (non-hydrogen) atoms. The van der Waals surface area contributed by atoms with Crippen molar-refractivity contribution in [3.63, 3.8) is 0 Å². The summed E-state index contributed by atoms with van der Waals surface area (Å²) in [6.45, 7) is 4.28. The Balaban J connectivity index is 2.34. The largest absolute Gasteiger partial charge is 0.450 e. The van der Waals surface area contributed by atoms with Gasteiger partial charge in [0.05, 0.1) is 12.2 Å². The van der Waals surface area contributed by atoms with Crippen LogP contribution in [0.3, 0.4) is 0 Å². The molecule has 0 saturated carbocycles. The molecule has 1 N–H and O–H groups in total. The van der Waals surface area contributed by atoms with Crippen molar-refractivity contribution in [2.75, 3.05) is 19.7 Å². The summed E-state index contributed by atoms with van der Waals surface area (Å²) in [7, 11) is -3.65. The van der Waals surface area contributed by atoms with Gasteiger partial charge in [-0.25, -0.2) is 8.42 Å². The molecule has 0 unspecified atom stereocenters. The van der Waals surface area contributed by atoms with Gasteiger partial charge < -0.3 is 14.3 Å². The number of sulfonamides is 1. The number of nitrogens with zero attached hydrogens (tertiary/aromatic N) is 1. The molecule has 0 aromatic carbocycles. The highest BCUT2D eigenvalue weighted by atomic mass is 79.9. The lowest BCUT2D eigenvalue weighted by atomic mass is 10.1. The molecule has 0 spiro atoms. The van der Waals surface area contributed by atoms with Gasteiger partial charge in [0, 0.05) is 19.2 Å². The van der Waals surface area contributed by atoms with Crippen molar-refractivity contribution < 1.29 is 22.7 Å². The van der Waals surface area contributed by atoms with Crippen LogP contribution in [0.1, 0.15) is 19.6 Å². The zero-order chi connectivity index (χ0) is 14.3. The first-order chi connectivity index (χ1) is 8.76. The van der Waals surface area contributed by atoms with Gasteiger partial charge in [-0.15, -0.1) is 0 Å². The summed E-state index contributed by atoms with van der Waals surface area (Å²) < 4.78 is 37.2. The molecule has 0 bridgehead atoms. The summed E-state index contributed by atoms with van der Waals surface area (Å²) >= 11 is 3.07. The molecule has 0 aliphatic carbocycles. The van der Waals surface area contributed by atoms with E-state index in [1.165, 1.54) is 10.4 Å². The Kier molecular flexibility index (Phi) is 4.08. The quantitative estimate of drug-likeness (QED) is 0.886. The van der Waals surface area contributed by atoms with Crippen molar-refractivity contribution in [2.45, 2.75) is 31.0 Å². The fraction of sp³-hybridized carbons (Fsp3) is 0.636. The Bertz CT molecular complexity index is 566. The van der Waals surface area contributed by atoms with Crippen molar-refractivity contribution in [1.82, 2.24) is 4.31 Å². The number of hydrogen-bond acceptors (Lipinski definition) is 5. The summed E-state index contributed by atoms with van der Waals surface area (Å²) in [5.41, 5.74) is -0.513. The molecule has 1 aromatic rings. The monoisotopic (exact) mass is 353 g/mol. The number of furan rings is 1. The van der Waals surface area contributed by atoms with E-state index in [1.54, 1.807) is 0 Å². The first-order valence-electron chi connectivity index (χ1n) is 5.79. The molecule has 0 radical (unpaired) electrons. The average molecular weight is 354 g/mol. The predicted molar refractivity (Wildman–Crippen MR) is 71.1 cm³/mol. The highest BCUT2D eigenvalue weighted by Gasteiger charge is 2.36. The number of rotatable bonds is 3. The number of morpholine rings is 1. The minimum absolute atomic E-state index is 0.0363. The van der Waals surface area contributed by atoms with E-state index in [9.17, 15) is 8.42 Å². The standard InChI is InChI=1S/C11H16BrNO5S/c1-11(2)7-13(3-4-17-11)19(15,16)9-5-8(6-14)18-10(9)12/h5,14H,3-4,6-7H2,1-2H3. The molecular formula is C11H16BrNO5S. The summed E-state index contributed by atoms with van der Waals surface area (Å²) in [4.78, 5) is 0.0363. The molecule has 1 aliphatic rings. The second kappa shape index (κ2) is 5.17. The van der Waals surface area contributed by atoms with E-state index < -0.39 is 15.6 Å². The van der Waals surface area contributed by atoms with Crippen LogP contribution >= 0.6 is 15.9 Å². The second-order valence-corrected chi connectivity index (χ2v) is 7.58. The highest BCUT2D eigenvalue weighted by Crippen LogP contribution is 2.31. The fourth-order valence-electron chi connectivity index (χ4n) is 1.97. The van der Waals surface area contributed by atoms with Crippen LogP contribution in [0.5, 0.6) is 0 Å².